The summed E-state index contributed by atoms with van der Waals surface area (Å²) >= 11 is 3.46. The summed E-state index contributed by atoms with van der Waals surface area (Å²) in [5.41, 5.74) is 6.83. The number of nitrogens with two attached hydrogens (primary N) is 1. The molecule has 1 aliphatic rings. The molecule has 2 rings (SSSR count). The lowest BCUT2D eigenvalue weighted by Crippen LogP contribution is -2.24. The van der Waals surface area contributed by atoms with Gasteiger partial charge >= 0.3 is 0 Å². The third-order valence-corrected chi connectivity index (χ3v) is 3.92. The molecule has 0 spiro atoms. The molecule has 1 fully saturated rings. The van der Waals surface area contributed by atoms with E-state index in [1.54, 1.807) is 0 Å². The molecular weight excluding hydrogens is 278 g/mol. The average molecular weight is 298 g/mol. The maximum atomic E-state index is 6.10. The van der Waals surface area contributed by atoms with Crippen molar-refractivity contribution in [2.75, 3.05) is 0 Å². The number of benzene rings is 1. The van der Waals surface area contributed by atoms with Crippen molar-refractivity contribution in [3.63, 3.8) is 0 Å². The first kappa shape index (κ1) is 12.9. The van der Waals surface area contributed by atoms with E-state index < -0.39 is 0 Å². The number of hydrogen-bond donors (Lipinski definition) is 1. The topological polar surface area (TPSA) is 35.2 Å². The molecule has 2 unspecified atom stereocenters. The maximum Gasteiger partial charge on any atom is 0.124 e. The molecule has 1 aliphatic carbocycles. The molecule has 0 radical (unpaired) electrons. The van der Waals surface area contributed by atoms with Crippen LogP contribution in [0.25, 0.3) is 0 Å². The van der Waals surface area contributed by atoms with E-state index in [2.05, 4.69) is 22.9 Å². The van der Waals surface area contributed by atoms with Crippen molar-refractivity contribution in [2.24, 2.45) is 11.7 Å². The zero-order chi connectivity index (χ0) is 12.3. The predicted molar refractivity (Wildman–Crippen MR) is 74.1 cm³/mol. The fourth-order valence-electron chi connectivity index (χ4n) is 2.49. The SMILES string of the molecule is CC1CCCC(Oc2ccc(Br)cc2CN)C1. The van der Waals surface area contributed by atoms with Gasteiger partial charge < -0.3 is 10.5 Å². The van der Waals surface area contributed by atoms with E-state index >= 15 is 0 Å². The van der Waals surface area contributed by atoms with E-state index in [1.165, 1.54) is 25.7 Å². The number of hydrogen-bond acceptors (Lipinski definition) is 2. The highest BCUT2D eigenvalue weighted by Gasteiger charge is 2.20. The highest BCUT2D eigenvalue weighted by Crippen LogP contribution is 2.30. The second kappa shape index (κ2) is 5.87. The van der Waals surface area contributed by atoms with Gasteiger partial charge in [-0.3, -0.25) is 0 Å². The highest BCUT2D eigenvalue weighted by molar-refractivity contribution is 9.10. The van der Waals surface area contributed by atoms with Gasteiger partial charge in [0, 0.05) is 16.6 Å². The van der Waals surface area contributed by atoms with Crippen molar-refractivity contribution >= 4 is 15.9 Å². The summed E-state index contributed by atoms with van der Waals surface area (Å²) in [6.45, 7) is 2.83. The molecule has 0 aliphatic heterocycles. The quantitative estimate of drug-likeness (QED) is 0.919. The molecule has 1 saturated carbocycles. The van der Waals surface area contributed by atoms with E-state index in [0.29, 0.717) is 12.6 Å². The largest absolute Gasteiger partial charge is 0.490 e. The van der Waals surface area contributed by atoms with Gasteiger partial charge in [-0.05, 0) is 43.4 Å². The van der Waals surface area contributed by atoms with E-state index in [9.17, 15) is 0 Å². The molecule has 2 nitrogen and oxygen atoms in total. The summed E-state index contributed by atoms with van der Waals surface area (Å²) in [7, 11) is 0. The molecule has 2 atom stereocenters. The second-order valence-corrected chi connectivity index (χ2v) is 5.88. The molecule has 0 bridgehead atoms. The lowest BCUT2D eigenvalue weighted by molar-refractivity contribution is 0.128. The summed E-state index contributed by atoms with van der Waals surface area (Å²) in [6.07, 6.45) is 5.32. The van der Waals surface area contributed by atoms with Crippen LogP contribution in [0.3, 0.4) is 0 Å². The molecule has 0 saturated heterocycles. The zero-order valence-electron chi connectivity index (χ0n) is 10.3. The third kappa shape index (κ3) is 3.46. The summed E-state index contributed by atoms with van der Waals surface area (Å²) in [5, 5.41) is 0. The Morgan fingerprint density at radius 2 is 2.24 bits per heavy atom. The van der Waals surface area contributed by atoms with Crippen molar-refractivity contribution in [3.8, 4) is 5.75 Å². The summed E-state index contributed by atoms with van der Waals surface area (Å²) < 4.78 is 7.16. The molecule has 94 valence electrons. The van der Waals surface area contributed by atoms with Crippen molar-refractivity contribution in [1.82, 2.24) is 0 Å². The average Bonchev–Trinajstić information content (AvgIpc) is 2.31. The van der Waals surface area contributed by atoms with Crippen LogP contribution in [0.1, 0.15) is 38.2 Å². The van der Waals surface area contributed by atoms with Crippen LogP contribution < -0.4 is 10.5 Å². The standard InChI is InChI=1S/C14H20BrNO/c1-10-3-2-4-13(7-10)17-14-6-5-12(15)8-11(14)9-16/h5-6,8,10,13H,2-4,7,9,16H2,1H3. The molecule has 2 N–H and O–H groups in total. The summed E-state index contributed by atoms with van der Waals surface area (Å²) in [5.74, 6) is 1.74. The Labute approximate surface area is 112 Å². The molecule has 1 aromatic carbocycles. The molecule has 0 heterocycles. The van der Waals surface area contributed by atoms with E-state index in [-0.39, 0.29) is 0 Å². The van der Waals surface area contributed by atoms with Crippen molar-refractivity contribution in [3.05, 3.63) is 28.2 Å². The van der Waals surface area contributed by atoms with Gasteiger partial charge in [0.2, 0.25) is 0 Å². The van der Waals surface area contributed by atoms with Gasteiger partial charge in [-0.2, -0.15) is 0 Å². The Hall–Kier alpha value is -0.540. The van der Waals surface area contributed by atoms with Gasteiger partial charge in [0.25, 0.3) is 0 Å². The highest BCUT2D eigenvalue weighted by atomic mass is 79.9. The monoisotopic (exact) mass is 297 g/mol. The third-order valence-electron chi connectivity index (χ3n) is 3.42. The minimum Gasteiger partial charge on any atom is -0.490 e. The van der Waals surface area contributed by atoms with Gasteiger partial charge in [-0.25, -0.2) is 0 Å². The summed E-state index contributed by atoms with van der Waals surface area (Å²) in [4.78, 5) is 0. The van der Waals surface area contributed by atoms with Crippen LogP contribution in [0.2, 0.25) is 0 Å². The van der Waals surface area contributed by atoms with Gasteiger partial charge in [-0.15, -0.1) is 0 Å². The fraction of sp³-hybridized carbons (Fsp3) is 0.571. The lowest BCUT2D eigenvalue weighted by atomic mass is 9.88. The Balaban J connectivity index is 2.07. The molecular formula is C14H20BrNO. The van der Waals surface area contributed by atoms with Crippen LogP contribution in [-0.4, -0.2) is 6.10 Å². The van der Waals surface area contributed by atoms with Crippen molar-refractivity contribution in [2.45, 2.75) is 45.3 Å². The number of ether oxygens (including phenoxy) is 1. The van der Waals surface area contributed by atoms with Crippen LogP contribution >= 0.6 is 15.9 Å². The Kier molecular flexibility index (Phi) is 4.46. The Morgan fingerprint density at radius 1 is 1.41 bits per heavy atom. The first-order valence-electron chi connectivity index (χ1n) is 6.34. The van der Waals surface area contributed by atoms with Gasteiger partial charge in [0.15, 0.2) is 0 Å². The number of halogens is 1. The maximum absolute atomic E-state index is 6.10. The van der Waals surface area contributed by atoms with Crippen LogP contribution in [-0.2, 0) is 6.54 Å². The van der Waals surface area contributed by atoms with Gasteiger partial charge in [-0.1, -0.05) is 29.3 Å². The second-order valence-electron chi connectivity index (χ2n) is 4.97. The van der Waals surface area contributed by atoms with Gasteiger partial charge in [0.1, 0.15) is 5.75 Å². The molecule has 1 aromatic rings. The van der Waals surface area contributed by atoms with E-state index in [1.807, 2.05) is 18.2 Å². The van der Waals surface area contributed by atoms with Crippen molar-refractivity contribution in [1.29, 1.82) is 0 Å². The Morgan fingerprint density at radius 3 is 2.94 bits per heavy atom. The smallest absolute Gasteiger partial charge is 0.124 e. The van der Waals surface area contributed by atoms with Crippen LogP contribution in [0.5, 0.6) is 5.75 Å². The molecule has 3 heteroatoms. The predicted octanol–water partition coefficient (Wildman–Crippen LogP) is 3.87. The van der Waals surface area contributed by atoms with Crippen LogP contribution in [0, 0.1) is 5.92 Å². The number of rotatable bonds is 3. The molecule has 17 heavy (non-hydrogen) atoms. The van der Waals surface area contributed by atoms with Crippen molar-refractivity contribution < 1.29 is 4.74 Å². The van der Waals surface area contributed by atoms with E-state index in [0.717, 1.165) is 21.7 Å². The normalized spacial score (nSPS) is 24.6. The minimum atomic E-state index is 0.366. The summed E-state index contributed by atoms with van der Waals surface area (Å²) in [6, 6.07) is 6.08. The lowest BCUT2D eigenvalue weighted by Gasteiger charge is -2.28. The molecule has 0 amide bonds. The van der Waals surface area contributed by atoms with Crippen LogP contribution in [0.15, 0.2) is 22.7 Å². The first-order valence-corrected chi connectivity index (χ1v) is 7.13. The van der Waals surface area contributed by atoms with E-state index in [4.69, 9.17) is 10.5 Å². The molecule has 0 aromatic heterocycles. The first-order chi connectivity index (χ1) is 8.19. The van der Waals surface area contributed by atoms with Gasteiger partial charge in [0.05, 0.1) is 6.10 Å². The van der Waals surface area contributed by atoms with Crippen LogP contribution in [0.4, 0.5) is 0 Å². The zero-order valence-corrected chi connectivity index (χ0v) is 11.9. The Bertz CT molecular complexity index is 380. The fourth-order valence-corrected chi connectivity index (χ4v) is 2.90. The minimum absolute atomic E-state index is 0.366.